The Labute approximate surface area is 171 Å². The summed E-state index contributed by atoms with van der Waals surface area (Å²) >= 11 is 0. The molecule has 0 unspecified atom stereocenters. The number of amides is 1. The Kier molecular flexibility index (Phi) is 5.04. The third-order valence-corrected chi connectivity index (χ3v) is 7.75. The van der Waals surface area contributed by atoms with E-state index in [4.69, 9.17) is 0 Å². The van der Waals surface area contributed by atoms with Crippen LogP contribution in [0.15, 0.2) is 47.4 Å². The zero-order valence-corrected chi connectivity index (χ0v) is 17.4. The number of hydrogen-bond acceptors (Lipinski definition) is 4. The van der Waals surface area contributed by atoms with Crippen molar-refractivity contribution in [3.05, 3.63) is 59.2 Å². The Morgan fingerprint density at radius 2 is 1.79 bits per heavy atom. The Morgan fingerprint density at radius 3 is 2.48 bits per heavy atom. The van der Waals surface area contributed by atoms with E-state index in [9.17, 15) is 18.0 Å². The molecule has 4 rings (SSSR count). The third-order valence-electron chi connectivity index (χ3n) is 5.81. The molecule has 0 aliphatic carbocycles. The molecular weight excluding hydrogens is 388 g/mol. The van der Waals surface area contributed by atoms with E-state index < -0.39 is 21.7 Å². The summed E-state index contributed by atoms with van der Waals surface area (Å²) in [6.45, 7) is 4.72. The molecule has 0 spiro atoms. The highest BCUT2D eigenvalue weighted by atomic mass is 32.2. The quantitative estimate of drug-likeness (QED) is 0.707. The highest BCUT2D eigenvalue weighted by Gasteiger charge is 2.39. The average Bonchev–Trinajstić information content (AvgIpc) is 3.29. The number of benzene rings is 2. The van der Waals surface area contributed by atoms with Gasteiger partial charge in [-0.1, -0.05) is 36.8 Å². The van der Waals surface area contributed by atoms with Gasteiger partial charge in [0.25, 0.3) is 11.7 Å². The van der Waals surface area contributed by atoms with Crippen molar-refractivity contribution in [3.63, 3.8) is 0 Å². The zero-order chi connectivity index (χ0) is 20.8. The summed E-state index contributed by atoms with van der Waals surface area (Å²) in [4.78, 5) is 26.6. The second kappa shape index (κ2) is 7.39. The number of aryl methyl sites for hydroxylation is 1. The molecule has 2 aliphatic heterocycles. The first kappa shape index (κ1) is 19.8. The van der Waals surface area contributed by atoms with E-state index in [1.807, 2.05) is 38.1 Å². The topological polar surface area (TPSA) is 74.8 Å². The molecule has 152 valence electrons. The van der Waals surface area contributed by atoms with Gasteiger partial charge in [-0.2, -0.15) is 4.31 Å². The number of fused-ring (bicyclic) bond motifs is 1. The van der Waals surface area contributed by atoms with Gasteiger partial charge in [-0.25, -0.2) is 8.42 Å². The molecule has 1 fully saturated rings. The lowest BCUT2D eigenvalue weighted by Crippen LogP contribution is -2.35. The maximum Gasteiger partial charge on any atom is 0.299 e. The summed E-state index contributed by atoms with van der Waals surface area (Å²) in [7, 11) is -3.69. The molecule has 0 radical (unpaired) electrons. The highest BCUT2D eigenvalue weighted by molar-refractivity contribution is 7.89. The number of sulfonamides is 1. The van der Waals surface area contributed by atoms with Crippen molar-refractivity contribution >= 4 is 27.4 Å². The van der Waals surface area contributed by atoms with Crippen LogP contribution in [0.3, 0.4) is 0 Å². The van der Waals surface area contributed by atoms with E-state index in [-0.39, 0.29) is 23.0 Å². The van der Waals surface area contributed by atoms with Gasteiger partial charge in [0, 0.05) is 12.6 Å². The monoisotopic (exact) mass is 412 g/mol. The Balaban J connectivity index is 1.67. The first-order valence-electron chi connectivity index (χ1n) is 9.90. The molecule has 1 atom stereocenters. The number of carbonyl (C=O) groups is 2. The van der Waals surface area contributed by atoms with E-state index in [2.05, 4.69) is 0 Å². The van der Waals surface area contributed by atoms with Gasteiger partial charge in [0.05, 0.1) is 22.7 Å². The van der Waals surface area contributed by atoms with Crippen LogP contribution in [0.1, 0.15) is 47.7 Å². The van der Waals surface area contributed by atoms with Crippen LogP contribution >= 0.6 is 0 Å². The molecule has 0 N–H and O–H groups in total. The summed E-state index contributed by atoms with van der Waals surface area (Å²) < 4.78 is 27.8. The van der Waals surface area contributed by atoms with Crippen molar-refractivity contribution in [1.29, 1.82) is 0 Å². The molecule has 1 amide bonds. The van der Waals surface area contributed by atoms with Crippen LogP contribution in [0.2, 0.25) is 0 Å². The largest absolute Gasteiger partial charge is 0.300 e. The normalized spacial score (nSPS) is 19.8. The molecule has 2 aromatic rings. The predicted octanol–water partition coefficient (Wildman–Crippen LogP) is 3.29. The lowest BCUT2D eigenvalue weighted by molar-refractivity contribution is -0.114. The molecule has 0 bridgehead atoms. The SMILES string of the molecule is CC[C@@H]1CCCN1S(=O)(=O)c1ccc2c(c1)C(=O)C(=O)N2Cc1ccc(C)cc1. The highest BCUT2D eigenvalue weighted by Crippen LogP contribution is 2.34. The molecule has 1 saturated heterocycles. The summed E-state index contributed by atoms with van der Waals surface area (Å²) in [6.07, 6.45) is 2.44. The molecule has 2 heterocycles. The number of Topliss-reactive ketones (excluding diaryl/α,β-unsaturated/α-hetero) is 1. The Bertz CT molecular complexity index is 1080. The van der Waals surface area contributed by atoms with Crippen LogP contribution < -0.4 is 4.90 Å². The summed E-state index contributed by atoms with van der Waals surface area (Å²) in [5.74, 6) is -1.28. The van der Waals surface area contributed by atoms with Crippen LogP contribution in [-0.2, 0) is 21.4 Å². The molecule has 6 nitrogen and oxygen atoms in total. The molecule has 7 heteroatoms. The second-order valence-electron chi connectivity index (χ2n) is 7.71. The van der Waals surface area contributed by atoms with Crippen molar-refractivity contribution in [2.45, 2.75) is 50.6 Å². The lowest BCUT2D eigenvalue weighted by atomic mass is 10.1. The number of carbonyl (C=O) groups excluding carboxylic acids is 2. The molecule has 2 aliphatic rings. The predicted molar refractivity (Wildman–Crippen MR) is 110 cm³/mol. The zero-order valence-electron chi connectivity index (χ0n) is 16.6. The third kappa shape index (κ3) is 3.38. The fourth-order valence-corrected chi connectivity index (χ4v) is 5.94. The first-order chi connectivity index (χ1) is 13.8. The standard InChI is InChI=1S/C22H24N2O4S/c1-3-17-5-4-12-24(17)29(27,28)18-10-11-20-19(13-18)21(25)22(26)23(20)14-16-8-6-15(2)7-9-16/h6-11,13,17H,3-5,12,14H2,1-2H3/t17-/m1/s1. The summed E-state index contributed by atoms with van der Waals surface area (Å²) in [5.41, 5.74) is 2.65. The fourth-order valence-electron chi connectivity index (χ4n) is 4.14. The van der Waals surface area contributed by atoms with Gasteiger partial charge in [-0.3, -0.25) is 9.59 Å². The minimum absolute atomic E-state index is 0.0105. The molecular formula is C22H24N2O4S. The first-order valence-corrected chi connectivity index (χ1v) is 11.3. The molecule has 2 aromatic carbocycles. The van der Waals surface area contributed by atoms with Crippen molar-refractivity contribution < 1.29 is 18.0 Å². The molecule has 29 heavy (non-hydrogen) atoms. The van der Waals surface area contributed by atoms with Gasteiger partial charge in [0.2, 0.25) is 10.0 Å². The van der Waals surface area contributed by atoms with Gasteiger partial charge in [-0.15, -0.1) is 0 Å². The second-order valence-corrected chi connectivity index (χ2v) is 9.60. The smallest absolute Gasteiger partial charge is 0.299 e. The lowest BCUT2D eigenvalue weighted by Gasteiger charge is -2.23. The van der Waals surface area contributed by atoms with E-state index in [1.165, 1.54) is 21.3 Å². The van der Waals surface area contributed by atoms with Crippen LogP contribution in [-0.4, -0.2) is 37.0 Å². The van der Waals surface area contributed by atoms with Crippen LogP contribution in [0.4, 0.5) is 5.69 Å². The average molecular weight is 413 g/mol. The maximum atomic E-state index is 13.1. The van der Waals surface area contributed by atoms with Crippen molar-refractivity contribution in [2.24, 2.45) is 0 Å². The minimum Gasteiger partial charge on any atom is -0.300 e. The number of nitrogens with zero attached hydrogens (tertiary/aromatic N) is 2. The van der Waals surface area contributed by atoms with E-state index in [0.717, 1.165) is 30.4 Å². The molecule has 0 saturated carbocycles. The van der Waals surface area contributed by atoms with Crippen LogP contribution in [0, 0.1) is 6.92 Å². The van der Waals surface area contributed by atoms with Gasteiger partial charge in [0.1, 0.15) is 0 Å². The van der Waals surface area contributed by atoms with Gasteiger partial charge in [-0.05, 0) is 49.9 Å². The fraction of sp³-hybridized carbons (Fsp3) is 0.364. The van der Waals surface area contributed by atoms with E-state index in [0.29, 0.717) is 12.2 Å². The molecule has 0 aromatic heterocycles. The van der Waals surface area contributed by atoms with E-state index in [1.54, 1.807) is 6.07 Å². The van der Waals surface area contributed by atoms with Gasteiger partial charge < -0.3 is 4.90 Å². The van der Waals surface area contributed by atoms with Crippen LogP contribution in [0.5, 0.6) is 0 Å². The maximum absolute atomic E-state index is 13.1. The summed E-state index contributed by atoms with van der Waals surface area (Å²) in [5, 5.41) is 0. The van der Waals surface area contributed by atoms with Gasteiger partial charge in [0.15, 0.2) is 0 Å². The van der Waals surface area contributed by atoms with Crippen molar-refractivity contribution in [2.75, 3.05) is 11.4 Å². The van der Waals surface area contributed by atoms with Crippen LogP contribution in [0.25, 0.3) is 0 Å². The summed E-state index contributed by atoms with van der Waals surface area (Å²) in [6, 6.07) is 12.2. The van der Waals surface area contributed by atoms with E-state index >= 15 is 0 Å². The number of hydrogen-bond donors (Lipinski definition) is 0. The minimum atomic E-state index is -3.69. The number of ketones is 1. The number of anilines is 1. The Morgan fingerprint density at radius 1 is 1.07 bits per heavy atom. The van der Waals surface area contributed by atoms with Crippen molar-refractivity contribution in [1.82, 2.24) is 4.31 Å². The van der Waals surface area contributed by atoms with Crippen molar-refractivity contribution in [3.8, 4) is 0 Å². The number of rotatable bonds is 5. The van der Waals surface area contributed by atoms with Gasteiger partial charge >= 0.3 is 0 Å². The Hall–Kier alpha value is -2.51.